The van der Waals surface area contributed by atoms with Crippen molar-refractivity contribution in [3.63, 3.8) is 0 Å². The van der Waals surface area contributed by atoms with Gasteiger partial charge in [0.25, 0.3) is 5.56 Å². The molecule has 0 bridgehead atoms. The molecule has 0 spiro atoms. The van der Waals surface area contributed by atoms with Crippen LogP contribution in [0.2, 0.25) is 0 Å². The van der Waals surface area contributed by atoms with Crippen LogP contribution in [0, 0.1) is 13.8 Å². The Morgan fingerprint density at radius 3 is 2.86 bits per heavy atom. The highest BCUT2D eigenvalue weighted by molar-refractivity contribution is 7.80. The number of ether oxygens (including phenoxy) is 2. The van der Waals surface area contributed by atoms with Crippen LogP contribution in [0.4, 0.5) is 0 Å². The first kappa shape index (κ1) is 20.8. The van der Waals surface area contributed by atoms with Crippen molar-refractivity contribution in [3.8, 4) is 0 Å². The van der Waals surface area contributed by atoms with E-state index in [4.69, 9.17) is 21.7 Å². The van der Waals surface area contributed by atoms with Gasteiger partial charge in [-0.05, 0) is 73.6 Å². The van der Waals surface area contributed by atoms with Gasteiger partial charge in [-0.25, -0.2) is 0 Å². The first-order chi connectivity index (χ1) is 13.5. The summed E-state index contributed by atoms with van der Waals surface area (Å²) < 4.78 is 10.9. The molecule has 0 aliphatic carbocycles. The molecule has 152 valence electrons. The van der Waals surface area contributed by atoms with Crippen molar-refractivity contribution in [2.75, 3.05) is 33.4 Å². The summed E-state index contributed by atoms with van der Waals surface area (Å²) in [5.41, 5.74) is 3.86. The maximum atomic E-state index is 12.7. The molecule has 0 radical (unpaired) electrons. The van der Waals surface area contributed by atoms with Crippen LogP contribution in [-0.4, -0.2) is 54.5 Å². The third-order valence-electron chi connectivity index (χ3n) is 5.21. The quantitative estimate of drug-likeness (QED) is 0.547. The molecule has 0 saturated carbocycles. The van der Waals surface area contributed by atoms with E-state index in [1.165, 1.54) is 11.1 Å². The zero-order chi connectivity index (χ0) is 20.1. The molecular weight excluding hydrogens is 374 g/mol. The van der Waals surface area contributed by atoms with Crippen LogP contribution in [-0.2, 0) is 16.0 Å². The van der Waals surface area contributed by atoms with Crippen molar-refractivity contribution in [2.45, 2.75) is 39.3 Å². The molecule has 7 heteroatoms. The van der Waals surface area contributed by atoms with E-state index in [0.29, 0.717) is 36.9 Å². The maximum Gasteiger partial charge on any atom is 0.253 e. The number of nitrogens with one attached hydrogen (secondary N) is 2. The highest BCUT2D eigenvalue weighted by Gasteiger charge is 2.22. The third kappa shape index (κ3) is 5.10. The molecule has 1 fully saturated rings. The molecule has 6 nitrogen and oxygen atoms in total. The van der Waals surface area contributed by atoms with Gasteiger partial charge in [-0.15, -0.1) is 0 Å². The van der Waals surface area contributed by atoms with Crippen LogP contribution < -0.4 is 10.9 Å². The van der Waals surface area contributed by atoms with Gasteiger partial charge in [0.2, 0.25) is 0 Å². The number of aromatic amines is 1. The molecule has 2 aromatic rings. The predicted octanol–water partition coefficient (Wildman–Crippen LogP) is 2.65. The highest BCUT2D eigenvalue weighted by atomic mass is 32.1. The number of thiocarbonyl (C=S) groups is 1. The molecule has 1 aromatic carbocycles. The fourth-order valence-corrected chi connectivity index (χ4v) is 3.71. The second-order valence-electron chi connectivity index (χ2n) is 7.39. The summed E-state index contributed by atoms with van der Waals surface area (Å²) in [5.74, 6) is 0. The number of hydrogen-bond donors (Lipinski definition) is 2. The minimum absolute atomic E-state index is 0.0761. The number of hydrogen-bond acceptors (Lipinski definition) is 4. The third-order valence-corrected chi connectivity index (χ3v) is 5.62. The Labute approximate surface area is 171 Å². The molecule has 1 aliphatic rings. The molecule has 1 atom stereocenters. The van der Waals surface area contributed by atoms with E-state index in [0.717, 1.165) is 30.4 Å². The van der Waals surface area contributed by atoms with Crippen molar-refractivity contribution >= 4 is 28.2 Å². The molecular formula is C21H29N3O3S. The van der Waals surface area contributed by atoms with Gasteiger partial charge < -0.3 is 24.7 Å². The van der Waals surface area contributed by atoms with Gasteiger partial charge in [-0.3, -0.25) is 4.79 Å². The minimum atomic E-state index is -0.0761. The lowest BCUT2D eigenvalue weighted by atomic mass is 10.0. The largest absolute Gasteiger partial charge is 0.383 e. The van der Waals surface area contributed by atoms with E-state index in [1.54, 1.807) is 7.11 Å². The number of H-pyrrole nitrogens is 1. The Bertz CT molecular complexity index is 890. The first-order valence-corrected chi connectivity index (χ1v) is 10.1. The van der Waals surface area contributed by atoms with Crippen molar-refractivity contribution < 1.29 is 9.47 Å². The van der Waals surface area contributed by atoms with Crippen LogP contribution in [0.5, 0.6) is 0 Å². The van der Waals surface area contributed by atoms with Crippen LogP contribution in [0.3, 0.4) is 0 Å². The van der Waals surface area contributed by atoms with Gasteiger partial charge in [0.05, 0.1) is 19.3 Å². The Kier molecular flexibility index (Phi) is 7.04. The summed E-state index contributed by atoms with van der Waals surface area (Å²) in [6.07, 6.45) is 2.23. The molecule has 3 rings (SSSR count). The molecule has 0 amide bonds. The van der Waals surface area contributed by atoms with E-state index in [9.17, 15) is 4.79 Å². The van der Waals surface area contributed by atoms with Crippen molar-refractivity contribution in [3.05, 3.63) is 45.2 Å². The van der Waals surface area contributed by atoms with Crippen LogP contribution in [0.25, 0.3) is 10.9 Å². The van der Waals surface area contributed by atoms with Gasteiger partial charge in [-0.1, -0.05) is 0 Å². The molecule has 0 unspecified atom stereocenters. The average molecular weight is 404 g/mol. The number of aromatic nitrogens is 1. The van der Waals surface area contributed by atoms with Crippen LogP contribution in [0.1, 0.15) is 29.5 Å². The Morgan fingerprint density at radius 2 is 2.14 bits per heavy atom. The Hall–Kier alpha value is -1.96. The molecule has 28 heavy (non-hydrogen) atoms. The lowest BCUT2D eigenvalue weighted by Crippen LogP contribution is -2.44. The van der Waals surface area contributed by atoms with E-state index in [-0.39, 0.29) is 11.7 Å². The number of methoxy groups -OCH3 is 1. The normalized spacial score (nSPS) is 16.5. The number of rotatable bonds is 7. The smallest absolute Gasteiger partial charge is 0.253 e. The van der Waals surface area contributed by atoms with Gasteiger partial charge >= 0.3 is 0 Å². The average Bonchev–Trinajstić information content (AvgIpc) is 3.16. The summed E-state index contributed by atoms with van der Waals surface area (Å²) in [7, 11) is 1.66. The molecule has 2 N–H and O–H groups in total. The van der Waals surface area contributed by atoms with Crippen molar-refractivity contribution in [2.24, 2.45) is 0 Å². The Morgan fingerprint density at radius 1 is 1.36 bits per heavy atom. The molecule has 1 saturated heterocycles. The minimum Gasteiger partial charge on any atom is -0.383 e. The monoisotopic (exact) mass is 403 g/mol. The van der Waals surface area contributed by atoms with Crippen LogP contribution in [0.15, 0.2) is 23.0 Å². The van der Waals surface area contributed by atoms with Gasteiger partial charge in [0.15, 0.2) is 5.11 Å². The second kappa shape index (κ2) is 9.49. The zero-order valence-electron chi connectivity index (χ0n) is 16.8. The number of pyridine rings is 1. The summed E-state index contributed by atoms with van der Waals surface area (Å²) in [6.45, 7) is 7.23. The van der Waals surface area contributed by atoms with Crippen LogP contribution >= 0.6 is 12.2 Å². The van der Waals surface area contributed by atoms with Gasteiger partial charge in [0, 0.05) is 37.9 Å². The second-order valence-corrected chi connectivity index (χ2v) is 7.77. The summed E-state index contributed by atoms with van der Waals surface area (Å²) in [5, 5.41) is 4.87. The summed E-state index contributed by atoms with van der Waals surface area (Å²) >= 11 is 5.59. The van der Waals surface area contributed by atoms with Crippen molar-refractivity contribution in [1.82, 2.24) is 15.2 Å². The number of nitrogens with zero attached hydrogens (tertiary/aromatic N) is 1. The molecule has 1 aromatic heterocycles. The number of fused-ring (bicyclic) bond motifs is 1. The summed E-state index contributed by atoms with van der Waals surface area (Å²) in [6, 6.07) is 6.11. The SMILES string of the molecule is COCCNC(=S)N(Cc1cc2cc(C)c(C)cc2[nH]c1=O)C[C@@H]1CCCO1. The van der Waals surface area contributed by atoms with E-state index < -0.39 is 0 Å². The fraction of sp³-hybridized carbons (Fsp3) is 0.524. The topological polar surface area (TPSA) is 66.6 Å². The Balaban J connectivity index is 1.83. The van der Waals surface area contributed by atoms with E-state index in [2.05, 4.69) is 30.2 Å². The lowest BCUT2D eigenvalue weighted by Gasteiger charge is -2.28. The zero-order valence-corrected chi connectivity index (χ0v) is 17.7. The highest BCUT2D eigenvalue weighted by Crippen LogP contribution is 2.19. The fourth-order valence-electron chi connectivity index (χ4n) is 3.47. The van der Waals surface area contributed by atoms with Gasteiger partial charge in [0.1, 0.15) is 0 Å². The number of aryl methyl sites for hydroxylation is 2. The predicted molar refractivity (Wildman–Crippen MR) is 116 cm³/mol. The van der Waals surface area contributed by atoms with E-state index >= 15 is 0 Å². The number of benzene rings is 1. The van der Waals surface area contributed by atoms with Crippen molar-refractivity contribution in [1.29, 1.82) is 0 Å². The first-order valence-electron chi connectivity index (χ1n) is 9.74. The summed E-state index contributed by atoms with van der Waals surface area (Å²) in [4.78, 5) is 17.7. The maximum absolute atomic E-state index is 12.7. The lowest BCUT2D eigenvalue weighted by molar-refractivity contribution is 0.0895. The molecule has 2 heterocycles. The van der Waals surface area contributed by atoms with E-state index in [1.807, 2.05) is 17.0 Å². The van der Waals surface area contributed by atoms with Gasteiger partial charge in [-0.2, -0.15) is 0 Å². The standard InChI is InChI=1S/C21H29N3O3S/c1-14-9-16-11-17(20(25)23-19(16)10-15(14)2)12-24(13-18-5-4-7-27-18)21(28)22-6-8-26-3/h9-11,18H,4-8,12-13H2,1-3H3,(H,22,28)(H,23,25)/t18-/m0/s1. The molecule has 1 aliphatic heterocycles.